The number of allylic oxidation sites excluding steroid dienone is 3. The van der Waals surface area contributed by atoms with Crippen LogP contribution in [0, 0.1) is 0 Å². The summed E-state index contributed by atoms with van der Waals surface area (Å²) in [6.45, 7) is 4.30. The van der Waals surface area contributed by atoms with E-state index >= 15 is 0 Å². The monoisotopic (exact) mass is 326 g/mol. The maximum absolute atomic E-state index is 6.46. The highest BCUT2D eigenvalue weighted by atomic mass is 32.4. The Morgan fingerprint density at radius 3 is 2.14 bits per heavy atom. The van der Waals surface area contributed by atoms with E-state index in [1.807, 2.05) is 36.4 Å². The van der Waals surface area contributed by atoms with Gasteiger partial charge in [0.05, 0.1) is 0 Å². The van der Waals surface area contributed by atoms with Crippen molar-refractivity contribution in [2.45, 2.75) is 13.8 Å². The first-order valence-corrected chi connectivity index (χ1v) is 10.3. The summed E-state index contributed by atoms with van der Waals surface area (Å²) in [6, 6.07) is 20.5. The Morgan fingerprint density at radius 2 is 1.50 bits per heavy atom. The van der Waals surface area contributed by atoms with E-state index in [0.717, 1.165) is 22.8 Å². The number of hydrogen-bond acceptors (Lipinski definition) is 2. The molecule has 1 atom stereocenters. The molecule has 0 N–H and O–H groups in total. The van der Waals surface area contributed by atoms with Crippen LogP contribution in [0.1, 0.15) is 19.4 Å². The van der Waals surface area contributed by atoms with Crippen molar-refractivity contribution in [3.8, 4) is 0 Å². The lowest BCUT2D eigenvalue weighted by molar-refractivity contribution is 0.579. The first-order chi connectivity index (χ1) is 10.6. The van der Waals surface area contributed by atoms with Crippen molar-refractivity contribution in [3.05, 3.63) is 83.4 Å². The molecule has 3 heteroatoms. The standard InChI is InChI=1S/C19H19OPS/c1-15-13-19(17-9-5-3-6-10-17)20-21(22,14-16(15)2)18-11-7-4-8-12-18/h3-13H,14H2,1-2H3. The second-order valence-electron chi connectivity index (χ2n) is 5.60. The third-order valence-electron chi connectivity index (χ3n) is 3.92. The molecule has 2 aromatic carbocycles. The lowest BCUT2D eigenvalue weighted by atomic mass is 10.1. The van der Waals surface area contributed by atoms with Gasteiger partial charge in [0.1, 0.15) is 12.0 Å². The fraction of sp³-hybridized carbons (Fsp3) is 0.158. The minimum atomic E-state index is -2.12. The summed E-state index contributed by atoms with van der Waals surface area (Å²) in [5, 5.41) is 1.14. The highest BCUT2D eigenvalue weighted by Crippen LogP contribution is 2.53. The molecule has 0 aliphatic carbocycles. The maximum Gasteiger partial charge on any atom is 0.147 e. The summed E-state index contributed by atoms with van der Waals surface area (Å²) >= 11 is 6.03. The van der Waals surface area contributed by atoms with Gasteiger partial charge in [-0.25, -0.2) is 0 Å². The van der Waals surface area contributed by atoms with Crippen LogP contribution in [0.25, 0.3) is 5.76 Å². The van der Waals surface area contributed by atoms with Gasteiger partial charge in [-0.15, -0.1) is 0 Å². The molecule has 0 bridgehead atoms. The van der Waals surface area contributed by atoms with Crippen molar-refractivity contribution in [1.29, 1.82) is 0 Å². The second-order valence-corrected chi connectivity index (χ2v) is 9.73. The molecule has 1 aliphatic heterocycles. The first kappa shape index (κ1) is 15.3. The molecule has 0 radical (unpaired) electrons. The zero-order chi connectivity index (χ0) is 15.6. The van der Waals surface area contributed by atoms with Gasteiger partial charge in [-0.1, -0.05) is 66.2 Å². The van der Waals surface area contributed by atoms with E-state index in [4.69, 9.17) is 16.3 Å². The molecule has 0 spiro atoms. The molecule has 0 saturated carbocycles. The van der Waals surface area contributed by atoms with Gasteiger partial charge in [0.25, 0.3) is 0 Å². The van der Waals surface area contributed by atoms with E-state index in [-0.39, 0.29) is 0 Å². The Bertz CT molecular complexity index is 776. The molecule has 112 valence electrons. The Morgan fingerprint density at radius 1 is 0.909 bits per heavy atom. The van der Waals surface area contributed by atoms with Gasteiger partial charge in [0.2, 0.25) is 0 Å². The Labute approximate surface area is 137 Å². The van der Waals surface area contributed by atoms with Crippen LogP contribution in [-0.4, -0.2) is 6.16 Å². The second kappa shape index (κ2) is 6.24. The SMILES string of the molecule is CC1=C(C)CP(=S)(c2ccccc2)OC(c2ccccc2)=C1. The summed E-state index contributed by atoms with van der Waals surface area (Å²) in [4.78, 5) is 0. The first-order valence-electron chi connectivity index (χ1n) is 7.36. The van der Waals surface area contributed by atoms with Gasteiger partial charge in [-0.05, 0) is 37.3 Å². The molecule has 3 rings (SSSR count). The molecule has 1 heterocycles. The molecule has 2 aromatic rings. The molecule has 1 nitrogen and oxygen atoms in total. The van der Waals surface area contributed by atoms with E-state index in [1.54, 1.807) is 0 Å². The average molecular weight is 326 g/mol. The lowest BCUT2D eigenvalue weighted by Crippen LogP contribution is -2.09. The highest BCUT2D eigenvalue weighted by Gasteiger charge is 2.27. The summed E-state index contributed by atoms with van der Waals surface area (Å²) in [6.07, 6.45) is 0.834. The molecule has 1 aliphatic rings. The van der Waals surface area contributed by atoms with Crippen molar-refractivity contribution in [1.82, 2.24) is 0 Å². The largest absolute Gasteiger partial charge is 0.461 e. The highest BCUT2D eigenvalue weighted by molar-refractivity contribution is 8.16. The fourth-order valence-corrected chi connectivity index (χ4v) is 6.03. The van der Waals surface area contributed by atoms with Crippen molar-refractivity contribution in [2.75, 3.05) is 6.16 Å². The molecule has 0 aromatic heterocycles. The van der Waals surface area contributed by atoms with Crippen molar-refractivity contribution in [2.24, 2.45) is 0 Å². The molecule has 0 amide bonds. The average Bonchev–Trinajstić information content (AvgIpc) is 2.67. The summed E-state index contributed by atoms with van der Waals surface area (Å²) in [5.74, 6) is 0.891. The third kappa shape index (κ3) is 3.09. The van der Waals surface area contributed by atoms with Crippen LogP contribution in [0.4, 0.5) is 0 Å². The van der Waals surface area contributed by atoms with Gasteiger partial charge >= 0.3 is 0 Å². The molecule has 1 unspecified atom stereocenters. The van der Waals surface area contributed by atoms with Gasteiger partial charge in [0.15, 0.2) is 0 Å². The molecule has 0 fully saturated rings. The maximum atomic E-state index is 6.46. The number of benzene rings is 2. The van der Waals surface area contributed by atoms with Gasteiger partial charge in [-0.2, -0.15) is 0 Å². The van der Waals surface area contributed by atoms with Crippen LogP contribution in [0.15, 0.2) is 77.9 Å². The van der Waals surface area contributed by atoms with Crippen LogP contribution in [0.3, 0.4) is 0 Å². The smallest absolute Gasteiger partial charge is 0.147 e. The number of rotatable bonds is 2. The van der Waals surface area contributed by atoms with Crippen molar-refractivity contribution < 1.29 is 4.52 Å². The van der Waals surface area contributed by atoms with E-state index < -0.39 is 6.26 Å². The minimum Gasteiger partial charge on any atom is -0.461 e. The zero-order valence-corrected chi connectivity index (χ0v) is 14.5. The zero-order valence-electron chi connectivity index (χ0n) is 12.8. The van der Waals surface area contributed by atoms with Crippen LogP contribution in [0.2, 0.25) is 0 Å². The van der Waals surface area contributed by atoms with E-state index in [9.17, 15) is 0 Å². The molecular formula is C19H19OPS. The topological polar surface area (TPSA) is 9.23 Å². The van der Waals surface area contributed by atoms with Crippen LogP contribution in [-0.2, 0) is 16.3 Å². The van der Waals surface area contributed by atoms with Crippen LogP contribution < -0.4 is 5.30 Å². The summed E-state index contributed by atoms with van der Waals surface area (Å²) < 4.78 is 6.46. The lowest BCUT2D eigenvalue weighted by Gasteiger charge is -2.24. The minimum absolute atomic E-state index is 0.824. The Hall–Kier alpha value is -1.63. The van der Waals surface area contributed by atoms with Gasteiger partial charge in [-0.3, -0.25) is 0 Å². The number of hydrogen-bond donors (Lipinski definition) is 0. The normalized spacial score (nSPS) is 21.8. The van der Waals surface area contributed by atoms with Crippen molar-refractivity contribution >= 4 is 29.1 Å². The van der Waals surface area contributed by atoms with Crippen molar-refractivity contribution in [3.63, 3.8) is 0 Å². The predicted octanol–water partition coefficient (Wildman–Crippen LogP) is 5.11. The Kier molecular flexibility index (Phi) is 4.33. The Balaban J connectivity index is 2.10. The van der Waals surface area contributed by atoms with Crippen LogP contribution in [0.5, 0.6) is 0 Å². The van der Waals surface area contributed by atoms with Gasteiger partial charge < -0.3 is 4.52 Å². The van der Waals surface area contributed by atoms with Crippen LogP contribution >= 0.6 is 6.26 Å². The predicted molar refractivity (Wildman–Crippen MR) is 99.1 cm³/mol. The molecule has 0 saturated heterocycles. The molecular weight excluding hydrogens is 307 g/mol. The van der Waals surface area contributed by atoms with E-state index in [1.165, 1.54) is 11.1 Å². The third-order valence-corrected chi connectivity index (χ3v) is 7.63. The van der Waals surface area contributed by atoms with E-state index in [0.29, 0.717) is 0 Å². The van der Waals surface area contributed by atoms with E-state index in [2.05, 4.69) is 44.2 Å². The fourth-order valence-electron chi connectivity index (χ4n) is 2.51. The summed E-state index contributed by atoms with van der Waals surface area (Å²) in [7, 11) is 0. The summed E-state index contributed by atoms with van der Waals surface area (Å²) in [5.41, 5.74) is 3.65. The quantitative estimate of drug-likeness (QED) is 0.709. The molecule has 22 heavy (non-hydrogen) atoms. The van der Waals surface area contributed by atoms with Gasteiger partial charge in [0, 0.05) is 17.0 Å².